The fourth-order valence-electron chi connectivity index (χ4n) is 3.88. The van der Waals surface area contributed by atoms with E-state index in [1.165, 1.54) is 12.5 Å². The predicted octanol–water partition coefficient (Wildman–Crippen LogP) is 2.54. The molecule has 2 atom stereocenters. The maximum Gasteiger partial charge on any atom is 0.360 e. The number of benzene rings is 2. The molecule has 1 aliphatic rings. The zero-order valence-corrected chi connectivity index (χ0v) is 18.2. The molecule has 0 aliphatic carbocycles. The number of carbonyl (C=O) groups is 1. The zero-order valence-electron chi connectivity index (χ0n) is 17.0. The molecule has 2 unspecified atom stereocenters. The molecule has 0 spiro atoms. The molecule has 0 bridgehead atoms. The predicted molar refractivity (Wildman–Crippen MR) is 123 cm³/mol. The normalized spacial score (nSPS) is 16.1. The van der Waals surface area contributed by atoms with Gasteiger partial charge in [0.25, 0.3) is 0 Å². The third kappa shape index (κ3) is 4.42. The molecule has 0 radical (unpaired) electrons. The topological polar surface area (TPSA) is 84.7 Å². The van der Waals surface area contributed by atoms with E-state index in [1.807, 2.05) is 21.4 Å². The molecule has 1 fully saturated rings. The molecular weight excluding hydrogens is 419 g/mol. The van der Waals surface area contributed by atoms with Crippen LogP contribution in [0.2, 0.25) is 0 Å². The molecule has 1 N–H and O–H groups in total. The van der Waals surface area contributed by atoms with Gasteiger partial charge in [0.15, 0.2) is 0 Å². The highest BCUT2D eigenvalue weighted by Crippen LogP contribution is 2.29. The van der Waals surface area contributed by atoms with Gasteiger partial charge >= 0.3 is 5.97 Å². The Bertz CT molecular complexity index is 1190. The van der Waals surface area contributed by atoms with Gasteiger partial charge in [0.05, 0.1) is 22.3 Å². The van der Waals surface area contributed by atoms with Crippen LogP contribution in [0.15, 0.2) is 47.3 Å². The summed E-state index contributed by atoms with van der Waals surface area (Å²) in [6.07, 6.45) is 3.17. The molecule has 1 saturated heterocycles. The van der Waals surface area contributed by atoms with Crippen molar-refractivity contribution in [1.29, 1.82) is 0 Å². The Kier molecular flexibility index (Phi) is 5.71. The molecule has 2 aromatic carbocycles. The molecule has 7 nitrogen and oxygen atoms in total. The van der Waals surface area contributed by atoms with E-state index in [9.17, 15) is 19.1 Å². The molecule has 0 amide bonds. The van der Waals surface area contributed by atoms with Crippen LogP contribution >= 0.6 is 9.24 Å². The third-order valence-electron chi connectivity index (χ3n) is 5.19. The number of halogens is 1. The van der Waals surface area contributed by atoms with Gasteiger partial charge in [-0.05, 0) is 55.7 Å². The number of hydrogen-bond acceptors (Lipinski definition) is 5. The molecule has 1 aromatic heterocycles. The minimum atomic E-state index is -1.91. The Labute approximate surface area is 181 Å². The molecule has 10 heteroatoms. The zero-order chi connectivity index (χ0) is 22.2. The summed E-state index contributed by atoms with van der Waals surface area (Å²) in [6, 6.07) is 11.8. The number of fused-ring (bicyclic) bond motifs is 1. The number of hydrogen-bond donors (Lipinski definition) is 1. The van der Waals surface area contributed by atoms with Crippen LogP contribution in [0.25, 0.3) is 16.6 Å². The smallest absolute Gasteiger partial charge is 0.360 e. The minimum absolute atomic E-state index is 0.307. The molecule has 160 valence electrons. The van der Waals surface area contributed by atoms with Crippen LogP contribution in [0.4, 0.5) is 10.1 Å². The molecule has 4 rings (SSSR count). The van der Waals surface area contributed by atoms with Crippen molar-refractivity contribution in [3.8, 4) is 11.4 Å². The molecule has 2 heterocycles. The van der Waals surface area contributed by atoms with Crippen LogP contribution in [0.1, 0.15) is 29.8 Å². The second-order valence-electron chi connectivity index (χ2n) is 7.70. The molecule has 3 aromatic rings. The fourth-order valence-corrected chi connectivity index (χ4v) is 4.01. The lowest BCUT2D eigenvalue weighted by Gasteiger charge is -2.30. The Balaban J connectivity index is 1.90. The van der Waals surface area contributed by atoms with Gasteiger partial charge in [-0.15, -0.1) is 0 Å². The Morgan fingerprint density at radius 3 is 2.45 bits per heavy atom. The lowest BCUT2D eigenvalue weighted by atomic mass is 10.1. The van der Waals surface area contributed by atoms with E-state index in [4.69, 9.17) is 4.74 Å². The van der Waals surface area contributed by atoms with Crippen LogP contribution in [-0.4, -0.2) is 47.3 Å². The van der Waals surface area contributed by atoms with Crippen LogP contribution in [0.3, 0.4) is 0 Å². The van der Waals surface area contributed by atoms with Crippen molar-refractivity contribution in [3.05, 3.63) is 58.4 Å². The summed E-state index contributed by atoms with van der Waals surface area (Å²) in [4.78, 5) is 27.0. The van der Waals surface area contributed by atoms with Crippen molar-refractivity contribution in [1.82, 2.24) is 9.78 Å². The molecule has 1 aliphatic heterocycles. The Morgan fingerprint density at radius 2 is 1.84 bits per heavy atom. The van der Waals surface area contributed by atoms with Crippen molar-refractivity contribution in [2.24, 2.45) is 0 Å². The number of piperidine rings is 1. The van der Waals surface area contributed by atoms with Crippen molar-refractivity contribution >= 4 is 39.6 Å². The largest absolute Gasteiger partial charge is 0.476 e. The van der Waals surface area contributed by atoms with Gasteiger partial charge < -0.3 is 14.7 Å². The number of nitrogens with zero attached hydrogens (tertiary/aromatic N) is 3. The van der Waals surface area contributed by atoms with Gasteiger partial charge in [-0.1, -0.05) is 15.3 Å². The average Bonchev–Trinajstić information content (AvgIpc) is 2.74. The highest BCUT2D eigenvalue weighted by Gasteiger charge is 2.23. The van der Waals surface area contributed by atoms with E-state index < -0.39 is 22.6 Å². The van der Waals surface area contributed by atoms with E-state index in [1.54, 1.807) is 30.3 Å². The van der Waals surface area contributed by atoms with E-state index in [0.29, 0.717) is 22.3 Å². The number of aromatic nitrogens is 2. The average molecular weight is 441 g/mol. The lowest BCUT2D eigenvalue weighted by molar-refractivity contribution is 0.0687. The monoisotopic (exact) mass is 441 g/mol. The van der Waals surface area contributed by atoms with E-state index in [0.717, 1.165) is 38.0 Å². The summed E-state index contributed by atoms with van der Waals surface area (Å²) >= 11 is 0. The first-order chi connectivity index (χ1) is 14.7. The summed E-state index contributed by atoms with van der Waals surface area (Å²) in [5.41, 5.74) is -1.30. The minimum Gasteiger partial charge on any atom is -0.476 e. The van der Waals surface area contributed by atoms with E-state index in [2.05, 4.69) is 10.00 Å². The molecule has 0 saturated carbocycles. The SMILES string of the molecule is BC(F)(P)Oc1ccc(-n2nc(C(=O)O)c(=O)c3c(N4CCCCC4)cccc32)cc1. The van der Waals surface area contributed by atoms with E-state index >= 15 is 0 Å². The second kappa shape index (κ2) is 8.31. The van der Waals surface area contributed by atoms with Crippen molar-refractivity contribution in [2.45, 2.75) is 24.8 Å². The first kappa shape index (κ1) is 21.3. The van der Waals surface area contributed by atoms with Gasteiger partial charge in [-0.25, -0.2) is 13.9 Å². The number of alkyl halides is 1. The van der Waals surface area contributed by atoms with Gasteiger partial charge in [0.2, 0.25) is 24.5 Å². The Morgan fingerprint density at radius 1 is 1.16 bits per heavy atom. The van der Waals surface area contributed by atoms with Crippen molar-refractivity contribution in [2.75, 3.05) is 18.0 Å². The summed E-state index contributed by atoms with van der Waals surface area (Å²) in [6.45, 7) is 1.62. The summed E-state index contributed by atoms with van der Waals surface area (Å²) in [5.74, 6) is -1.08. The number of rotatable bonds is 5. The van der Waals surface area contributed by atoms with Gasteiger partial charge in [0.1, 0.15) is 5.75 Å². The summed E-state index contributed by atoms with van der Waals surface area (Å²) in [7, 11) is 3.23. The fraction of sp³-hybridized carbons (Fsp3) is 0.286. The first-order valence-electron chi connectivity index (χ1n) is 10.1. The highest BCUT2D eigenvalue weighted by molar-refractivity contribution is 7.21. The Hall–Kier alpha value is -2.93. The maximum atomic E-state index is 13.7. The summed E-state index contributed by atoms with van der Waals surface area (Å²) in [5, 5.41) is 14.1. The molecular formula is C21H22BFN3O4P. The second-order valence-corrected chi connectivity index (χ2v) is 8.73. The van der Waals surface area contributed by atoms with E-state index in [-0.39, 0.29) is 0 Å². The number of carboxylic acid groups (broad SMARTS) is 1. The van der Waals surface area contributed by atoms with Crippen molar-refractivity contribution < 1.29 is 19.0 Å². The number of ether oxygens (including phenoxy) is 1. The van der Waals surface area contributed by atoms with Crippen molar-refractivity contribution in [3.63, 3.8) is 0 Å². The van der Waals surface area contributed by atoms with Gasteiger partial charge in [-0.3, -0.25) is 4.79 Å². The molecule has 31 heavy (non-hydrogen) atoms. The van der Waals surface area contributed by atoms with Crippen LogP contribution in [0.5, 0.6) is 5.75 Å². The number of aromatic carboxylic acids is 1. The number of anilines is 1. The quantitative estimate of drug-likeness (QED) is 0.484. The maximum absolute atomic E-state index is 13.7. The van der Waals surface area contributed by atoms with Gasteiger partial charge in [-0.2, -0.15) is 5.10 Å². The van der Waals surface area contributed by atoms with Gasteiger partial charge in [0, 0.05) is 13.1 Å². The van der Waals surface area contributed by atoms with Crippen LogP contribution in [-0.2, 0) is 0 Å². The highest BCUT2D eigenvalue weighted by atomic mass is 31.0. The van der Waals surface area contributed by atoms with Crippen LogP contribution in [0, 0.1) is 0 Å². The summed E-state index contributed by atoms with van der Waals surface area (Å²) < 4.78 is 20.3. The van der Waals surface area contributed by atoms with Crippen LogP contribution < -0.4 is 15.1 Å². The number of carboxylic acids is 1. The third-order valence-corrected chi connectivity index (χ3v) is 5.31. The first-order valence-corrected chi connectivity index (χ1v) is 10.6. The standard InChI is InChI=1S/C21H22BFN3O4P/c22-21(23,31)30-14-9-7-13(8-10-14)26-16-6-4-5-15(25-11-2-1-3-12-25)17(16)19(27)18(24-26)20(28)29/h4-10H,1-3,11-12,22,31H2,(H,28,29). The lowest BCUT2D eigenvalue weighted by Crippen LogP contribution is -2.31.